The zero-order valence-electron chi connectivity index (χ0n) is 16.8. The first-order valence-corrected chi connectivity index (χ1v) is 10.6. The highest BCUT2D eigenvalue weighted by molar-refractivity contribution is 6.22. The summed E-state index contributed by atoms with van der Waals surface area (Å²) in [7, 11) is 0. The maximum atomic E-state index is 13.3. The summed E-state index contributed by atoms with van der Waals surface area (Å²) >= 11 is 0. The molecule has 0 spiro atoms. The Morgan fingerprint density at radius 2 is 1.62 bits per heavy atom. The van der Waals surface area contributed by atoms with Gasteiger partial charge in [-0.2, -0.15) is 0 Å². The van der Waals surface area contributed by atoms with E-state index in [9.17, 15) is 24.5 Å². The summed E-state index contributed by atoms with van der Waals surface area (Å²) in [4.78, 5) is 50.6. The Hall–Kier alpha value is -3.81. The van der Waals surface area contributed by atoms with Crippen LogP contribution in [0.1, 0.15) is 16.8 Å². The SMILES string of the molecule is O=C(Oc1cccc(N2C(=O)[C@@H]3[C@H]4C=C[C@H]([C@H]5C[C@H]45)[C@@H]3C2=O)c1)c1cccc([N+](=O)[O-])c1. The number of allylic oxidation sites excluding steroid dienone is 2. The molecule has 2 bridgehead atoms. The fourth-order valence-corrected chi connectivity index (χ4v) is 5.81. The van der Waals surface area contributed by atoms with E-state index in [0.29, 0.717) is 17.5 Å². The molecule has 6 atom stereocenters. The second-order valence-electron chi connectivity index (χ2n) is 8.86. The van der Waals surface area contributed by atoms with Crippen LogP contribution >= 0.6 is 0 Å². The van der Waals surface area contributed by atoms with E-state index < -0.39 is 10.9 Å². The number of non-ortho nitro benzene ring substituents is 1. The largest absolute Gasteiger partial charge is 0.423 e. The first-order chi connectivity index (χ1) is 15.4. The molecule has 7 rings (SSSR count). The van der Waals surface area contributed by atoms with E-state index in [2.05, 4.69) is 12.2 Å². The van der Waals surface area contributed by atoms with Gasteiger partial charge in [-0.05, 0) is 48.3 Å². The average molecular weight is 430 g/mol. The molecule has 2 aromatic rings. The van der Waals surface area contributed by atoms with E-state index in [1.165, 1.54) is 35.2 Å². The Morgan fingerprint density at radius 3 is 2.28 bits per heavy atom. The van der Waals surface area contributed by atoms with Crippen molar-refractivity contribution in [2.45, 2.75) is 6.42 Å². The van der Waals surface area contributed by atoms with E-state index in [1.807, 2.05) is 0 Å². The molecule has 2 amide bonds. The minimum absolute atomic E-state index is 0.0332. The van der Waals surface area contributed by atoms with Gasteiger partial charge in [-0.25, -0.2) is 9.69 Å². The molecule has 1 heterocycles. The van der Waals surface area contributed by atoms with Crippen LogP contribution in [0.3, 0.4) is 0 Å². The molecule has 8 nitrogen and oxygen atoms in total. The molecule has 0 aromatic heterocycles. The third kappa shape index (κ3) is 2.65. The first kappa shape index (κ1) is 18.9. The fourth-order valence-electron chi connectivity index (χ4n) is 5.81. The number of nitro groups is 1. The molecule has 2 saturated carbocycles. The van der Waals surface area contributed by atoms with Crippen molar-refractivity contribution >= 4 is 29.2 Å². The van der Waals surface area contributed by atoms with Gasteiger partial charge in [0.2, 0.25) is 11.8 Å². The van der Waals surface area contributed by atoms with Gasteiger partial charge in [-0.3, -0.25) is 19.7 Å². The normalized spacial score (nSPS) is 31.3. The number of nitrogens with zero attached hydrogens (tertiary/aromatic N) is 2. The lowest BCUT2D eigenvalue weighted by Gasteiger charge is -2.37. The van der Waals surface area contributed by atoms with Gasteiger partial charge in [0.15, 0.2) is 0 Å². The van der Waals surface area contributed by atoms with Crippen molar-refractivity contribution in [2.75, 3.05) is 4.90 Å². The molecule has 2 aromatic carbocycles. The monoisotopic (exact) mass is 430 g/mol. The van der Waals surface area contributed by atoms with E-state index >= 15 is 0 Å². The van der Waals surface area contributed by atoms with Crippen molar-refractivity contribution in [3.63, 3.8) is 0 Å². The predicted octanol–water partition coefficient (Wildman–Crippen LogP) is 3.37. The van der Waals surface area contributed by atoms with Gasteiger partial charge >= 0.3 is 5.97 Å². The molecule has 8 heteroatoms. The van der Waals surface area contributed by atoms with Crippen molar-refractivity contribution in [3.05, 3.63) is 76.4 Å². The van der Waals surface area contributed by atoms with Crippen LogP contribution in [0.4, 0.5) is 11.4 Å². The minimum atomic E-state index is -0.763. The van der Waals surface area contributed by atoms with Crippen molar-refractivity contribution in [1.29, 1.82) is 0 Å². The number of rotatable bonds is 4. The summed E-state index contributed by atoms with van der Waals surface area (Å²) in [5, 5.41) is 10.9. The highest BCUT2D eigenvalue weighted by Gasteiger charge is 2.67. The number of nitro benzene ring substituents is 1. The van der Waals surface area contributed by atoms with Crippen molar-refractivity contribution in [1.82, 2.24) is 0 Å². The number of carbonyl (C=O) groups is 3. The Kier molecular flexibility index (Phi) is 3.90. The maximum Gasteiger partial charge on any atom is 0.343 e. The maximum absolute atomic E-state index is 13.3. The Bertz CT molecular complexity index is 1200. The van der Waals surface area contributed by atoms with Crippen LogP contribution in [0.2, 0.25) is 0 Å². The second-order valence-corrected chi connectivity index (χ2v) is 8.86. The number of hydrogen-bond acceptors (Lipinski definition) is 6. The second kappa shape index (κ2) is 6.59. The molecular formula is C24H18N2O6. The van der Waals surface area contributed by atoms with Gasteiger partial charge in [-0.15, -0.1) is 0 Å². The smallest absolute Gasteiger partial charge is 0.343 e. The van der Waals surface area contributed by atoms with Crippen molar-refractivity contribution in [2.24, 2.45) is 35.5 Å². The third-order valence-electron chi connectivity index (χ3n) is 7.24. The van der Waals surface area contributed by atoms with Crippen LogP contribution in [0.5, 0.6) is 5.75 Å². The molecule has 0 radical (unpaired) electrons. The van der Waals surface area contributed by atoms with Crippen molar-refractivity contribution in [3.8, 4) is 5.75 Å². The van der Waals surface area contributed by atoms with Crippen LogP contribution in [-0.2, 0) is 9.59 Å². The Labute approximate surface area is 182 Å². The highest BCUT2D eigenvalue weighted by Crippen LogP contribution is 2.65. The predicted molar refractivity (Wildman–Crippen MR) is 112 cm³/mol. The summed E-state index contributed by atoms with van der Waals surface area (Å²) in [6, 6.07) is 11.5. The number of imide groups is 1. The summed E-state index contributed by atoms with van der Waals surface area (Å²) in [6.45, 7) is 0. The number of ether oxygens (including phenoxy) is 1. The van der Waals surface area contributed by atoms with Crippen LogP contribution < -0.4 is 9.64 Å². The van der Waals surface area contributed by atoms with E-state index in [1.54, 1.807) is 12.1 Å². The van der Waals surface area contributed by atoms with Gasteiger partial charge < -0.3 is 4.74 Å². The molecule has 3 fully saturated rings. The lowest BCUT2D eigenvalue weighted by atomic mass is 9.63. The number of carbonyl (C=O) groups excluding carboxylic acids is 3. The van der Waals surface area contributed by atoms with E-state index in [4.69, 9.17) is 4.74 Å². The molecule has 0 N–H and O–H groups in total. The summed E-state index contributed by atoms with van der Waals surface area (Å²) in [5.41, 5.74) is 0.183. The molecule has 0 unspecified atom stereocenters. The summed E-state index contributed by atoms with van der Waals surface area (Å²) in [5.74, 6) is -0.305. The number of hydrogen-bond donors (Lipinski definition) is 0. The molecule has 4 aliphatic carbocycles. The standard InChI is InChI=1S/C24H18N2O6/c27-22-20-16-7-8-17(19-11-18(16)19)21(20)23(28)25(22)13-4-2-6-15(10-13)32-24(29)12-3-1-5-14(9-12)26(30)31/h1-10,16-21H,11H2/t16-,17+,18-,19-,20+,21-/m1/s1. The molecular weight excluding hydrogens is 412 g/mol. The number of anilines is 1. The van der Waals surface area contributed by atoms with Gasteiger partial charge in [0.1, 0.15) is 5.75 Å². The lowest BCUT2D eigenvalue weighted by molar-refractivity contribution is -0.384. The van der Waals surface area contributed by atoms with Gasteiger partial charge in [0.05, 0.1) is 28.0 Å². The quantitative estimate of drug-likeness (QED) is 0.184. The molecule has 160 valence electrons. The van der Waals surface area contributed by atoms with E-state index in [-0.39, 0.29) is 52.5 Å². The molecule has 1 saturated heterocycles. The fraction of sp³-hybridized carbons (Fsp3) is 0.292. The molecule has 32 heavy (non-hydrogen) atoms. The van der Waals surface area contributed by atoms with Crippen LogP contribution in [0.25, 0.3) is 0 Å². The zero-order chi connectivity index (χ0) is 22.1. The Morgan fingerprint density at radius 1 is 0.969 bits per heavy atom. The van der Waals surface area contributed by atoms with Crippen LogP contribution in [0.15, 0.2) is 60.7 Å². The van der Waals surface area contributed by atoms with Gasteiger partial charge in [-0.1, -0.05) is 24.3 Å². The molecule has 5 aliphatic rings. The summed E-state index contributed by atoms with van der Waals surface area (Å²) in [6.07, 6.45) is 5.33. The van der Waals surface area contributed by atoms with Gasteiger partial charge in [0.25, 0.3) is 5.69 Å². The number of benzene rings is 2. The third-order valence-corrected chi connectivity index (χ3v) is 7.24. The first-order valence-electron chi connectivity index (χ1n) is 10.6. The van der Waals surface area contributed by atoms with E-state index in [0.717, 1.165) is 12.5 Å². The molecule has 1 aliphatic heterocycles. The highest BCUT2D eigenvalue weighted by atomic mass is 16.6. The van der Waals surface area contributed by atoms with Crippen LogP contribution in [0, 0.1) is 45.6 Å². The van der Waals surface area contributed by atoms with Crippen LogP contribution in [-0.4, -0.2) is 22.7 Å². The van der Waals surface area contributed by atoms with Gasteiger partial charge in [0, 0.05) is 18.2 Å². The number of amides is 2. The Balaban J connectivity index is 1.26. The average Bonchev–Trinajstić information content (AvgIpc) is 3.57. The lowest BCUT2D eigenvalue weighted by Crippen LogP contribution is -2.40. The topological polar surface area (TPSA) is 107 Å². The zero-order valence-corrected chi connectivity index (χ0v) is 16.8. The summed E-state index contributed by atoms with van der Waals surface area (Å²) < 4.78 is 5.38. The minimum Gasteiger partial charge on any atom is -0.423 e. The number of esters is 1. The van der Waals surface area contributed by atoms with Crippen molar-refractivity contribution < 1.29 is 24.0 Å².